The fourth-order valence-electron chi connectivity index (χ4n) is 2.33. The number of methoxy groups -OCH3 is 1. The Morgan fingerprint density at radius 2 is 2.35 bits per heavy atom. The van der Waals surface area contributed by atoms with E-state index in [2.05, 4.69) is 5.32 Å². The molecule has 1 fully saturated rings. The van der Waals surface area contributed by atoms with Crippen LogP contribution in [-0.4, -0.2) is 50.4 Å². The Kier molecular flexibility index (Phi) is 5.03. The molecule has 0 aliphatic carbocycles. The van der Waals surface area contributed by atoms with Crippen molar-refractivity contribution in [3.8, 4) is 0 Å². The smallest absolute Gasteiger partial charge is 0.317 e. The highest BCUT2D eigenvalue weighted by molar-refractivity contribution is 5.74. The van der Waals surface area contributed by atoms with E-state index in [4.69, 9.17) is 13.9 Å². The van der Waals surface area contributed by atoms with Crippen LogP contribution in [0, 0.1) is 13.8 Å². The second kappa shape index (κ2) is 6.76. The summed E-state index contributed by atoms with van der Waals surface area (Å²) in [5.74, 6) is 1.71. The summed E-state index contributed by atoms with van der Waals surface area (Å²) in [6, 6.07) is 1.87. The Morgan fingerprint density at radius 1 is 1.55 bits per heavy atom. The molecular weight excluding hydrogens is 260 g/mol. The molecule has 0 bridgehead atoms. The molecule has 0 radical (unpaired) electrons. The molecule has 0 unspecified atom stereocenters. The topological polar surface area (TPSA) is 63.9 Å². The minimum atomic E-state index is -0.0762. The van der Waals surface area contributed by atoms with Crippen LogP contribution in [0.25, 0.3) is 0 Å². The summed E-state index contributed by atoms with van der Waals surface area (Å²) in [5, 5.41) is 2.92. The Hall–Kier alpha value is -1.53. The van der Waals surface area contributed by atoms with Gasteiger partial charge in [0.25, 0.3) is 0 Å². The highest BCUT2D eigenvalue weighted by Gasteiger charge is 2.24. The number of morpholine rings is 1. The van der Waals surface area contributed by atoms with Gasteiger partial charge in [0.1, 0.15) is 11.5 Å². The molecular formula is C14H22N2O4. The minimum Gasteiger partial charge on any atom is -0.466 e. The molecule has 6 nitrogen and oxygen atoms in total. The first-order valence-electron chi connectivity index (χ1n) is 6.79. The standard InChI is InChI=1S/C14H22N2O4/c1-10-6-12(11(2)20-10)7-15-14(17)16-4-5-19-13(8-16)9-18-3/h6,13H,4-5,7-9H2,1-3H3,(H,15,17)/t13-/m0/s1. The molecule has 6 heteroatoms. The van der Waals surface area contributed by atoms with Crippen LogP contribution in [0.15, 0.2) is 10.5 Å². The van der Waals surface area contributed by atoms with Gasteiger partial charge in [-0.15, -0.1) is 0 Å². The summed E-state index contributed by atoms with van der Waals surface area (Å²) in [7, 11) is 1.63. The largest absolute Gasteiger partial charge is 0.466 e. The van der Waals surface area contributed by atoms with Gasteiger partial charge in [-0.2, -0.15) is 0 Å². The van der Waals surface area contributed by atoms with Crippen LogP contribution in [0.5, 0.6) is 0 Å². The number of rotatable bonds is 4. The van der Waals surface area contributed by atoms with E-state index in [1.54, 1.807) is 12.0 Å². The molecule has 1 atom stereocenters. The molecule has 20 heavy (non-hydrogen) atoms. The number of nitrogens with zero attached hydrogens (tertiary/aromatic N) is 1. The molecule has 1 saturated heterocycles. The predicted molar refractivity (Wildman–Crippen MR) is 73.6 cm³/mol. The van der Waals surface area contributed by atoms with E-state index in [0.717, 1.165) is 17.1 Å². The summed E-state index contributed by atoms with van der Waals surface area (Å²) in [6.07, 6.45) is -0.0441. The lowest BCUT2D eigenvalue weighted by molar-refractivity contribution is -0.0494. The molecule has 2 heterocycles. The number of urea groups is 1. The van der Waals surface area contributed by atoms with Crippen LogP contribution in [-0.2, 0) is 16.0 Å². The van der Waals surface area contributed by atoms with Crippen molar-refractivity contribution in [2.75, 3.05) is 33.4 Å². The summed E-state index contributed by atoms with van der Waals surface area (Å²) >= 11 is 0. The van der Waals surface area contributed by atoms with Crippen LogP contribution >= 0.6 is 0 Å². The second-order valence-electron chi connectivity index (χ2n) is 4.99. The molecule has 2 rings (SSSR count). The van der Waals surface area contributed by atoms with Crippen LogP contribution in [0.1, 0.15) is 17.1 Å². The predicted octanol–water partition coefficient (Wildman–Crippen LogP) is 1.45. The molecule has 0 spiro atoms. The molecule has 112 valence electrons. The number of nitrogens with one attached hydrogen (secondary N) is 1. The van der Waals surface area contributed by atoms with Crippen LogP contribution in [0.4, 0.5) is 4.79 Å². The first kappa shape index (κ1) is 14.9. The molecule has 2 amide bonds. The number of carbonyl (C=O) groups excluding carboxylic acids is 1. The van der Waals surface area contributed by atoms with E-state index in [1.165, 1.54) is 0 Å². The Morgan fingerprint density at radius 3 is 3.00 bits per heavy atom. The summed E-state index contributed by atoms with van der Waals surface area (Å²) in [4.78, 5) is 13.9. The zero-order valence-electron chi connectivity index (χ0n) is 12.3. The van der Waals surface area contributed by atoms with E-state index in [-0.39, 0.29) is 12.1 Å². The summed E-state index contributed by atoms with van der Waals surface area (Å²) < 4.78 is 16.0. The summed E-state index contributed by atoms with van der Waals surface area (Å²) in [6.45, 7) is 6.50. The third kappa shape index (κ3) is 3.74. The fraction of sp³-hybridized carbons (Fsp3) is 0.643. The van der Waals surface area contributed by atoms with Crippen molar-refractivity contribution in [1.82, 2.24) is 10.2 Å². The molecule has 1 aliphatic rings. The van der Waals surface area contributed by atoms with Gasteiger partial charge in [0.05, 0.1) is 25.9 Å². The highest BCUT2D eigenvalue weighted by Crippen LogP contribution is 2.13. The quantitative estimate of drug-likeness (QED) is 0.908. The number of hydrogen-bond acceptors (Lipinski definition) is 4. The van der Waals surface area contributed by atoms with E-state index in [1.807, 2.05) is 19.9 Å². The Balaban J connectivity index is 1.83. The Labute approximate surface area is 119 Å². The average Bonchev–Trinajstić information content (AvgIpc) is 2.75. The minimum absolute atomic E-state index is 0.0441. The van der Waals surface area contributed by atoms with Crippen molar-refractivity contribution in [2.45, 2.75) is 26.5 Å². The molecule has 1 aliphatic heterocycles. The van der Waals surface area contributed by atoms with Gasteiger partial charge in [0.2, 0.25) is 0 Å². The maximum Gasteiger partial charge on any atom is 0.317 e. The van der Waals surface area contributed by atoms with Gasteiger partial charge >= 0.3 is 6.03 Å². The first-order valence-corrected chi connectivity index (χ1v) is 6.79. The highest BCUT2D eigenvalue weighted by atomic mass is 16.5. The number of furan rings is 1. The number of carbonyl (C=O) groups is 1. The molecule has 1 aromatic heterocycles. The Bertz CT molecular complexity index is 456. The van der Waals surface area contributed by atoms with Gasteiger partial charge in [0, 0.05) is 25.8 Å². The van der Waals surface area contributed by atoms with Gasteiger partial charge in [-0.25, -0.2) is 4.79 Å². The SMILES string of the molecule is COC[C@@H]1CN(C(=O)NCc2cc(C)oc2C)CCO1. The molecule has 1 aromatic rings. The zero-order valence-corrected chi connectivity index (χ0v) is 12.3. The molecule has 0 aromatic carbocycles. The first-order chi connectivity index (χ1) is 9.60. The van der Waals surface area contributed by atoms with Crippen molar-refractivity contribution in [3.05, 3.63) is 23.2 Å². The number of ether oxygens (including phenoxy) is 2. The fourth-order valence-corrected chi connectivity index (χ4v) is 2.33. The van der Waals surface area contributed by atoms with Crippen molar-refractivity contribution >= 4 is 6.03 Å². The molecule has 0 saturated carbocycles. The lowest BCUT2D eigenvalue weighted by atomic mass is 10.2. The van der Waals surface area contributed by atoms with Crippen LogP contribution < -0.4 is 5.32 Å². The average molecular weight is 282 g/mol. The third-order valence-corrected chi connectivity index (χ3v) is 3.35. The van der Waals surface area contributed by atoms with Gasteiger partial charge < -0.3 is 24.1 Å². The lowest BCUT2D eigenvalue weighted by Gasteiger charge is -2.32. The maximum atomic E-state index is 12.1. The van der Waals surface area contributed by atoms with Crippen molar-refractivity contribution in [3.63, 3.8) is 0 Å². The monoisotopic (exact) mass is 282 g/mol. The van der Waals surface area contributed by atoms with Gasteiger partial charge in [-0.3, -0.25) is 0 Å². The number of hydrogen-bond donors (Lipinski definition) is 1. The number of amides is 2. The zero-order chi connectivity index (χ0) is 14.5. The van der Waals surface area contributed by atoms with Crippen molar-refractivity contribution in [1.29, 1.82) is 0 Å². The summed E-state index contributed by atoms with van der Waals surface area (Å²) in [5.41, 5.74) is 1.01. The van der Waals surface area contributed by atoms with Crippen molar-refractivity contribution < 1.29 is 18.7 Å². The maximum absolute atomic E-state index is 12.1. The third-order valence-electron chi connectivity index (χ3n) is 3.35. The van der Waals surface area contributed by atoms with E-state index in [0.29, 0.717) is 32.8 Å². The van der Waals surface area contributed by atoms with Gasteiger partial charge in [-0.05, 0) is 19.9 Å². The van der Waals surface area contributed by atoms with E-state index in [9.17, 15) is 4.79 Å². The van der Waals surface area contributed by atoms with Crippen LogP contribution in [0.3, 0.4) is 0 Å². The van der Waals surface area contributed by atoms with Crippen LogP contribution in [0.2, 0.25) is 0 Å². The van der Waals surface area contributed by atoms with Crippen molar-refractivity contribution in [2.24, 2.45) is 0 Å². The normalized spacial score (nSPS) is 19.1. The number of aryl methyl sites for hydroxylation is 2. The van der Waals surface area contributed by atoms with Gasteiger partial charge in [-0.1, -0.05) is 0 Å². The van der Waals surface area contributed by atoms with Gasteiger partial charge in [0.15, 0.2) is 0 Å². The van der Waals surface area contributed by atoms with E-state index < -0.39 is 0 Å². The molecule has 1 N–H and O–H groups in total. The second-order valence-corrected chi connectivity index (χ2v) is 4.99. The lowest BCUT2D eigenvalue weighted by Crippen LogP contribution is -2.50. The van der Waals surface area contributed by atoms with E-state index >= 15 is 0 Å².